The molecule has 3 aromatic carbocycles. The first-order valence-corrected chi connectivity index (χ1v) is 12.8. The van der Waals surface area contributed by atoms with Crippen LogP contribution in [0.3, 0.4) is 0 Å². The fourth-order valence-corrected chi connectivity index (χ4v) is 4.74. The first kappa shape index (κ1) is 26.4. The molecule has 2 amide bonds. The molecule has 0 bridgehead atoms. The summed E-state index contributed by atoms with van der Waals surface area (Å²) in [5, 5.41) is 10.1. The van der Waals surface area contributed by atoms with Crippen molar-refractivity contribution in [2.45, 2.75) is 12.0 Å². The zero-order valence-corrected chi connectivity index (χ0v) is 22.2. The van der Waals surface area contributed by atoms with Crippen LogP contribution in [-0.4, -0.2) is 39.7 Å². The summed E-state index contributed by atoms with van der Waals surface area (Å²) < 4.78 is 6.92. The Morgan fingerprint density at radius 1 is 0.825 bits per heavy atom. The van der Waals surface area contributed by atoms with E-state index in [9.17, 15) is 9.59 Å². The number of anilines is 1. The number of benzene rings is 3. The van der Waals surface area contributed by atoms with Crippen LogP contribution in [0.25, 0.3) is 11.1 Å². The Labute approximate surface area is 232 Å². The van der Waals surface area contributed by atoms with Gasteiger partial charge in [0.2, 0.25) is 5.91 Å². The van der Waals surface area contributed by atoms with Crippen LogP contribution in [0.4, 0.5) is 5.69 Å². The zero-order chi connectivity index (χ0) is 27.9. The Bertz CT molecular complexity index is 1540. The van der Waals surface area contributed by atoms with Gasteiger partial charge in [-0.3, -0.25) is 19.3 Å². The number of amides is 2. The number of aryl methyl sites for hydroxylation is 1. The second kappa shape index (κ2) is 12.1. The normalized spacial score (nSPS) is 11.6. The van der Waals surface area contributed by atoms with Crippen LogP contribution in [0.2, 0.25) is 0 Å². The molecular weight excluding hydrogens is 502 g/mol. The Balaban J connectivity index is 1.48. The lowest BCUT2D eigenvalue weighted by atomic mass is 9.84. The fraction of sp³-hybridized carbons (Fsp3) is 0.125. The molecule has 0 fully saturated rings. The van der Waals surface area contributed by atoms with Gasteiger partial charge in [-0.05, 0) is 41.0 Å². The van der Waals surface area contributed by atoms with Crippen molar-refractivity contribution in [3.05, 3.63) is 132 Å². The van der Waals surface area contributed by atoms with Crippen LogP contribution in [0.15, 0.2) is 116 Å². The number of hydrogen-bond donors (Lipinski definition) is 2. The minimum Gasteiger partial charge on any atom is -0.494 e. The van der Waals surface area contributed by atoms with Crippen molar-refractivity contribution >= 4 is 17.5 Å². The van der Waals surface area contributed by atoms with Crippen molar-refractivity contribution in [3.8, 4) is 16.9 Å². The van der Waals surface area contributed by atoms with E-state index in [4.69, 9.17) is 4.74 Å². The summed E-state index contributed by atoms with van der Waals surface area (Å²) >= 11 is 0. The van der Waals surface area contributed by atoms with Gasteiger partial charge in [-0.1, -0.05) is 72.8 Å². The minimum atomic E-state index is -0.924. The molecule has 8 nitrogen and oxygen atoms in total. The summed E-state index contributed by atoms with van der Waals surface area (Å²) in [4.78, 5) is 31.4. The van der Waals surface area contributed by atoms with Gasteiger partial charge in [0.15, 0.2) is 0 Å². The summed E-state index contributed by atoms with van der Waals surface area (Å²) in [5.41, 5.74) is 4.57. The summed E-state index contributed by atoms with van der Waals surface area (Å²) in [6, 6.07) is 29.4. The van der Waals surface area contributed by atoms with Crippen LogP contribution in [0.1, 0.15) is 27.5 Å². The number of pyridine rings is 1. The van der Waals surface area contributed by atoms with E-state index in [1.54, 1.807) is 38.8 Å². The molecule has 0 aliphatic rings. The summed E-state index contributed by atoms with van der Waals surface area (Å²) in [5.74, 6) is -0.523. The first-order valence-electron chi connectivity index (χ1n) is 12.8. The maximum absolute atomic E-state index is 14.0. The van der Waals surface area contributed by atoms with Crippen molar-refractivity contribution in [1.29, 1.82) is 0 Å². The molecular formula is C32H29N5O3. The van der Waals surface area contributed by atoms with E-state index in [-0.39, 0.29) is 5.91 Å². The highest BCUT2D eigenvalue weighted by molar-refractivity contribution is 6.01. The van der Waals surface area contributed by atoms with E-state index in [1.165, 1.54) is 4.68 Å². The first-order chi connectivity index (χ1) is 19.5. The number of rotatable bonds is 9. The number of nitrogens with one attached hydrogen (secondary N) is 2. The molecule has 0 unspecified atom stereocenters. The largest absolute Gasteiger partial charge is 0.494 e. The molecule has 0 spiro atoms. The lowest BCUT2D eigenvalue weighted by Gasteiger charge is -2.28. The quantitative estimate of drug-likeness (QED) is 0.277. The van der Waals surface area contributed by atoms with Gasteiger partial charge in [0.25, 0.3) is 5.91 Å². The second-order valence-electron chi connectivity index (χ2n) is 9.23. The van der Waals surface area contributed by atoms with Crippen molar-refractivity contribution in [1.82, 2.24) is 20.1 Å². The molecule has 0 saturated carbocycles. The smallest absolute Gasteiger partial charge is 0.270 e. The number of nitrogens with zero attached hydrogens (tertiary/aromatic N) is 3. The number of methoxy groups -OCH3 is 1. The number of hydrogen-bond acceptors (Lipinski definition) is 5. The molecule has 40 heavy (non-hydrogen) atoms. The van der Waals surface area contributed by atoms with Crippen LogP contribution in [0, 0.1) is 0 Å². The van der Waals surface area contributed by atoms with Crippen molar-refractivity contribution in [2.24, 2.45) is 7.05 Å². The Kier molecular flexibility index (Phi) is 7.97. The van der Waals surface area contributed by atoms with E-state index < -0.39 is 17.9 Å². The van der Waals surface area contributed by atoms with Crippen LogP contribution in [0.5, 0.6) is 5.75 Å². The molecule has 5 rings (SSSR count). The van der Waals surface area contributed by atoms with Gasteiger partial charge in [-0.25, -0.2) is 0 Å². The molecule has 0 aliphatic carbocycles. The third kappa shape index (κ3) is 5.76. The van der Waals surface area contributed by atoms with E-state index in [0.29, 0.717) is 17.1 Å². The molecule has 0 aliphatic heterocycles. The number of carbonyl (C=O) groups is 2. The topological polar surface area (TPSA) is 98.1 Å². The monoisotopic (exact) mass is 531 g/mol. The molecule has 0 radical (unpaired) electrons. The number of ether oxygens (including phenoxy) is 1. The molecule has 2 N–H and O–H groups in total. The number of aromatic nitrogens is 3. The summed E-state index contributed by atoms with van der Waals surface area (Å²) in [7, 11) is 3.29. The van der Waals surface area contributed by atoms with E-state index >= 15 is 0 Å². The fourth-order valence-electron chi connectivity index (χ4n) is 4.74. The van der Waals surface area contributed by atoms with Crippen molar-refractivity contribution in [3.63, 3.8) is 0 Å². The maximum Gasteiger partial charge on any atom is 0.270 e. The maximum atomic E-state index is 14.0. The van der Waals surface area contributed by atoms with Crippen LogP contribution < -0.4 is 15.4 Å². The molecule has 2 heterocycles. The number of carbonyl (C=O) groups excluding carboxylic acids is 2. The van der Waals surface area contributed by atoms with Gasteiger partial charge in [0.05, 0.1) is 13.3 Å². The highest BCUT2D eigenvalue weighted by atomic mass is 16.5. The second-order valence-corrected chi connectivity index (χ2v) is 9.23. The van der Waals surface area contributed by atoms with E-state index in [0.717, 1.165) is 22.3 Å². The van der Waals surface area contributed by atoms with Gasteiger partial charge in [-0.15, -0.1) is 0 Å². The summed E-state index contributed by atoms with van der Waals surface area (Å²) in [6.07, 6.45) is 4.92. The third-order valence-electron chi connectivity index (χ3n) is 6.74. The molecule has 2 aromatic heterocycles. The zero-order valence-electron chi connectivity index (χ0n) is 22.2. The van der Waals surface area contributed by atoms with Gasteiger partial charge >= 0.3 is 0 Å². The predicted molar refractivity (Wildman–Crippen MR) is 154 cm³/mol. The minimum absolute atomic E-state index is 0.345. The van der Waals surface area contributed by atoms with Crippen molar-refractivity contribution < 1.29 is 14.3 Å². The van der Waals surface area contributed by atoms with Gasteiger partial charge < -0.3 is 15.4 Å². The summed E-state index contributed by atoms with van der Waals surface area (Å²) in [6.45, 7) is 0. The Morgan fingerprint density at radius 2 is 1.48 bits per heavy atom. The molecule has 1 atom stereocenters. The van der Waals surface area contributed by atoms with Crippen molar-refractivity contribution in [2.75, 3.05) is 12.4 Å². The lowest BCUT2D eigenvalue weighted by Crippen LogP contribution is -2.48. The SMILES string of the molecule is COc1cnccc1-c1ccc(NC(=O)[C@@H](NC(=O)c2ccnn2C)C(c2ccccc2)c2ccccc2)cc1. The van der Waals surface area contributed by atoms with Crippen LogP contribution >= 0.6 is 0 Å². The molecule has 0 saturated heterocycles. The molecule has 5 aromatic rings. The highest BCUT2D eigenvalue weighted by Crippen LogP contribution is 2.31. The average Bonchev–Trinajstić information content (AvgIpc) is 3.44. The van der Waals surface area contributed by atoms with Gasteiger partial charge in [0, 0.05) is 36.6 Å². The lowest BCUT2D eigenvalue weighted by molar-refractivity contribution is -0.118. The van der Waals surface area contributed by atoms with Gasteiger partial charge in [-0.2, -0.15) is 5.10 Å². The predicted octanol–water partition coefficient (Wildman–Crippen LogP) is 5.06. The Hall–Kier alpha value is -5.24. The average molecular weight is 532 g/mol. The third-order valence-corrected chi connectivity index (χ3v) is 6.74. The highest BCUT2D eigenvalue weighted by Gasteiger charge is 2.33. The molecule has 8 heteroatoms. The van der Waals surface area contributed by atoms with Gasteiger partial charge in [0.1, 0.15) is 17.5 Å². The van der Waals surface area contributed by atoms with Crippen LogP contribution in [-0.2, 0) is 11.8 Å². The van der Waals surface area contributed by atoms with E-state index in [2.05, 4.69) is 20.7 Å². The Morgan fingerprint density at radius 3 is 2.05 bits per heavy atom. The standard InChI is InChI=1S/C32H29N5O3/c1-37-27(18-20-34-37)31(38)36-30(29(23-9-5-3-6-10-23)24-11-7-4-8-12-24)32(39)35-25-15-13-22(14-16-25)26-17-19-33-21-28(26)40-2/h3-21,29-30H,1-2H3,(H,35,39)(H,36,38)/t30-/m0/s1. The van der Waals surface area contributed by atoms with E-state index in [1.807, 2.05) is 91.0 Å². The molecule has 200 valence electrons.